The van der Waals surface area contributed by atoms with E-state index >= 15 is 0 Å². The van der Waals surface area contributed by atoms with Crippen molar-refractivity contribution in [1.82, 2.24) is 39.0 Å². The zero-order valence-electron chi connectivity index (χ0n) is 57.9. The minimum atomic E-state index is 0.443. The van der Waals surface area contributed by atoms with Crippen LogP contribution in [0.1, 0.15) is 17.0 Å². The van der Waals surface area contributed by atoms with Crippen LogP contribution in [0.2, 0.25) is 0 Å². The minimum Gasteiger partial charge on any atom is -0.436 e. The summed E-state index contributed by atoms with van der Waals surface area (Å²) in [4.78, 5) is 30.2. The van der Waals surface area contributed by atoms with E-state index in [-0.39, 0.29) is 0 Å². The molecule has 14 aromatic carbocycles. The Bertz CT molecular complexity index is 7560. The summed E-state index contributed by atoms with van der Waals surface area (Å²) in [5.74, 6) is 2.71. The molecule has 0 amide bonds. The molecule has 508 valence electrons. The normalized spacial score (nSPS) is 12.2. The van der Waals surface area contributed by atoms with E-state index in [0.717, 1.165) is 155 Å². The number of fused-ring (bicyclic) bond motifs is 13. The molecule has 8 aromatic heterocycles. The van der Waals surface area contributed by atoms with E-state index in [0.29, 0.717) is 63.7 Å². The summed E-state index contributed by atoms with van der Waals surface area (Å²) >= 11 is 0. The van der Waals surface area contributed by atoms with Gasteiger partial charge in [-0.15, -0.1) is 0 Å². The van der Waals surface area contributed by atoms with Gasteiger partial charge in [0.15, 0.2) is 27.9 Å². The molecule has 0 saturated carbocycles. The van der Waals surface area contributed by atoms with E-state index in [1.54, 1.807) is 6.08 Å². The summed E-state index contributed by atoms with van der Waals surface area (Å²) in [5, 5.41) is 8.52. The van der Waals surface area contributed by atoms with Crippen molar-refractivity contribution in [2.45, 2.75) is 13.8 Å². The average molecular weight is 1390 g/mol. The van der Waals surface area contributed by atoms with Crippen LogP contribution in [0.25, 0.3) is 229 Å². The predicted molar refractivity (Wildman–Crippen MR) is 430 cm³/mol. The lowest BCUT2D eigenvalue weighted by atomic mass is 9.95. The zero-order valence-corrected chi connectivity index (χ0v) is 57.9. The number of nitrogens with zero attached hydrogens (tertiary/aromatic N) is 8. The van der Waals surface area contributed by atoms with Gasteiger partial charge in [0.25, 0.3) is 0 Å². The van der Waals surface area contributed by atoms with Gasteiger partial charge in [-0.3, -0.25) is 9.13 Å². The van der Waals surface area contributed by atoms with Crippen molar-refractivity contribution in [2.75, 3.05) is 0 Å². The molecule has 0 unspecified atom stereocenters. The first-order chi connectivity index (χ1) is 53.1. The number of benzene rings is 14. The van der Waals surface area contributed by atoms with Crippen molar-refractivity contribution in [3.05, 3.63) is 309 Å². The van der Waals surface area contributed by atoms with Crippen LogP contribution in [0.5, 0.6) is 0 Å². The fourth-order valence-corrected chi connectivity index (χ4v) is 15.5. The van der Waals surface area contributed by atoms with Gasteiger partial charge in [0.05, 0.1) is 22.1 Å². The molecule has 0 saturated heterocycles. The van der Waals surface area contributed by atoms with Crippen LogP contribution in [0.3, 0.4) is 0 Å². The van der Waals surface area contributed by atoms with Gasteiger partial charge in [-0.25, -0.2) is 19.9 Å². The van der Waals surface area contributed by atoms with Crippen LogP contribution in [0.15, 0.2) is 318 Å². The smallest absolute Gasteiger partial charge is 0.307 e. The molecule has 0 spiro atoms. The van der Waals surface area contributed by atoms with Crippen LogP contribution in [0.4, 0.5) is 0 Å². The number of hydrogen-bond acceptors (Lipinski definition) is 12. The minimum absolute atomic E-state index is 0.443. The van der Waals surface area contributed by atoms with E-state index in [9.17, 15) is 0 Å². The van der Waals surface area contributed by atoms with Crippen LogP contribution in [-0.2, 0) is 0 Å². The van der Waals surface area contributed by atoms with E-state index in [1.807, 2.05) is 84.3 Å². The van der Waals surface area contributed by atoms with Crippen molar-refractivity contribution >= 4 is 127 Å². The molecule has 0 aliphatic rings. The number of para-hydroxylation sites is 2. The molecule has 22 rings (SSSR count). The Hall–Kier alpha value is -14.8. The lowest BCUT2D eigenvalue weighted by Gasteiger charge is -2.10. The summed E-state index contributed by atoms with van der Waals surface area (Å²) in [6.45, 7) is 7.89. The molecule has 0 aliphatic carbocycles. The maximum absolute atomic E-state index is 6.82. The molecular formula is C94H56N8O6. The number of rotatable bonds is 12. The number of hydrogen-bond donors (Lipinski definition) is 0. The average Bonchev–Trinajstić information content (AvgIpc) is 1.58. The van der Waals surface area contributed by atoms with E-state index in [2.05, 4.69) is 230 Å². The fourth-order valence-electron chi connectivity index (χ4n) is 15.5. The Morgan fingerprint density at radius 1 is 0.287 bits per heavy atom. The van der Waals surface area contributed by atoms with Crippen molar-refractivity contribution in [3.8, 4) is 102 Å². The van der Waals surface area contributed by atoms with Crippen molar-refractivity contribution in [2.24, 2.45) is 0 Å². The van der Waals surface area contributed by atoms with Gasteiger partial charge in [0.1, 0.15) is 39.0 Å². The number of aromatic nitrogens is 8. The second-order valence-corrected chi connectivity index (χ2v) is 27.6. The van der Waals surface area contributed by atoms with Crippen LogP contribution in [-0.4, -0.2) is 39.0 Å². The van der Waals surface area contributed by atoms with E-state index < -0.39 is 0 Å². The molecule has 0 aliphatic heterocycles. The lowest BCUT2D eigenvalue weighted by Crippen LogP contribution is -1.94. The lowest BCUT2D eigenvalue weighted by molar-refractivity contribution is 0.508. The van der Waals surface area contributed by atoms with Gasteiger partial charge in [-0.05, 0) is 243 Å². The second-order valence-electron chi connectivity index (χ2n) is 27.6. The third-order valence-electron chi connectivity index (χ3n) is 21.0. The van der Waals surface area contributed by atoms with Crippen molar-refractivity contribution < 1.29 is 26.5 Å². The molecule has 0 bridgehead atoms. The summed E-state index contributed by atoms with van der Waals surface area (Å²) < 4.78 is 43.7. The monoisotopic (exact) mass is 1390 g/mol. The van der Waals surface area contributed by atoms with Gasteiger partial charge in [-0.1, -0.05) is 140 Å². The first-order valence-electron chi connectivity index (χ1n) is 35.7. The maximum Gasteiger partial charge on any atom is 0.307 e. The Balaban J connectivity index is 0.598. The Morgan fingerprint density at radius 2 is 0.676 bits per heavy atom. The van der Waals surface area contributed by atoms with Gasteiger partial charge in [0.2, 0.25) is 23.6 Å². The molecule has 0 N–H and O–H groups in total. The standard InChI is InChI=1S/C94H56N8O6/c1-4-5-16-74-53(3)103-93(99-74)101-80-36-28-65(89-95-75-17-10-11-18-84(75)104-89)44-70(80)71-45-66(29-37-81(71)101)91-97-77-34-26-63(50-87(77)106-91)60-20-19-52(2)69(43-60)64-27-35-78-88(51-64)107-92(98-78)68-31-39-83-73(47-68)72-46-67(90-96-76-33-25-62(49-86(76)105-90)59-24-22-55-13-7-9-15-57(55)42-59)30-38-82(72)102(83)94-100-79-48-61(32-40-85(79)108-94)58-23-21-54-12-6-8-14-56(54)41-58/h4-51H,1H2,2-3H3/b16-5-. The van der Waals surface area contributed by atoms with Gasteiger partial charge < -0.3 is 26.5 Å². The number of allylic oxidation sites excluding steroid dienone is 2. The van der Waals surface area contributed by atoms with Gasteiger partial charge >= 0.3 is 12.0 Å². The Labute approximate surface area is 613 Å². The van der Waals surface area contributed by atoms with E-state index in [1.165, 1.54) is 21.5 Å². The Morgan fingerprint density at radius 3 is 1.19 bits per heavy atom. The SMILES string of the molecule is C=C/C=C\c1nc(-n2c3ccc(-c4nc5ccccc5o4)cc3c3cc(-c4nc5ccc(-c6ccc(C)c(-c7ccc8nc(-c9ccc%10c(c9)c9cc(-c%11nc%12ccc(-c%13ccc%14ccccc%14c%13)cc%12o%11)ccc9n%10-c9nc%10cc(-c%11ccc%12ccccc%12c%11)ccc%10o9)oc8c7)c6)cc5o4)ccc32)oc1C. The maximum atomic E-state index is 6.82. The zero-order chi connectivity index (χ0) is 71.4. The van der Waals surface area contributed by atoms with E-state index in [4.69, 9.17) is 56.4 Å². The molecule has 22 aromatic rings. The Kier molecular flexibility index (Phi) is 13.3. The highest BCUT2D eigenvalue weighted by Gasteiger charge is 2.25. The highest BCUT2D eigenvalue weighted by atomic mass is 16.4. The van der Waals surface area contributed by atoms with Crippen LogP contribution >= 0.6 is 0 Å². The second kappa shape index (κ2) is 23.6. The molecule has 14 heteroatoms. The summed E-state index contributed by atoms with van der Waals surface area (Å²) in [5.41, 5.74) is 24.2. The fraction of sp³-hybridized carbons (Fsp3) is 0.0213. The molecule has 0 radical (unpaired) electrons. The first-order valence-corrected chi connectivity index (χ1v) is 35.7. The third-order valence-corrected chi connectivity index (χ3v) is 21.0. The van der Waals surface area contributed by atoms with Crippen molar-refractivity contribution in [3.63, 3.8) is 0 Å². The summed E-state index contributed by atoms with van der Waals surface area (Å²) in [6.07, 6.45) is 5.47. The molecule has 8 heterocycles. The predicted octanol–water partition coefficient (Wildman–Crippen LogP) is 25.0. The van der Waals surface area contributed by atoms with Crippen LogP contribution < -0.4 is 0 Å². The number of aryl methyl sites for hydroxylation is 2. The third kappa shape index (κ3) is 9.95. The molecule has 14 nitrogen and oxygen atoms in total. The molecule has 108 heavy (non-hydrogen) atoms. The first kappa shape index (κ1) is 60.8. The molecule has 0 fully saturated rings. The summed E-state index contributed by atoms with van der Waals surface area (Å²) in [6, 6.07) is 94.9. The number of oxazole rings is 6. The van der Waals surface area contributed by atoms with Crippen LogP contribution in [0, 0.1) is 13.8 Å². The van der Waals surface area contributed by atoms with Gasteiger partial charge in [-0.2, -0.15) is 9.97 Å². The molecular weight excluding hydrogens is 1340 g/mol. The highest BCUT2D eigenvalue weighted by molar-refractivity contribution is 6.13. The quantitative estimate of drug-likeness (QED) is 0.106. The topological polar surface area (TPSA) is 166 Å². The largest absolute Gasteiger partial charge is 0.436 e. The van der Waals surface area contributed by atoms with Crippen molar-refractivity contribution in [1.29, 1.82) is 0 Å². The molecule has 0 atom stereocenters. The summed E-state index contributed by atoms with van der Waals surface area (Å²) in [7, 11) is 0. The highest BCUT2D eigenvalue weighted by Crippen LogP contribution is 2.44. The van der Waals surface area contributed by atoms with Gasteiger partial charge in [0, 0.05) is 43.8 Å².